The molecule has 0 unspecified atom stereocenters. The minimum absolute atomic E-state index is 0.0111. The molecule has 25 heavy (non-hydrogen) atoms. The van der Waals surface area contributed by atoms with Crippen LogP contribution in [0.1, 0.15) is 33.5 Å². The van der Waals surface area contributed by atoms with Gasteiger partial charge in [0.1, 0.15) is 22.9 Å². The highest BCUT2D eigenvalue weighted by atomic mass is 16.6. The van der Waals surface area contributed by atoms with Crippen LogP contribution in [0.5, 0.6) is 0 Å². The van der Waals surface area contributed by atoms with E-state index in [0.29, 0.717) is 22.9 Å². The van der Waals surface area contributed by atoms with Crippen LogP contribution in [-0.2, 0) is 13.1 Å². The van der Waals surface area contributed by atoms with Gasteiger partial charge in [0, 0.05) is 0 Å². The first kappa shape index (κ1) is 16.5. The first-order valence-corrected chi connectivity index (χ1v) is 7.53. The number of aromatic nitrogens is 2. The van der Waals surface area contributed by atoms with Crippen molar-refractivity contribution >= 4 is 11.6 Å². The van der Waals surface area contributed by atoms with E-state index in [1.807, 2.05) is 0 Å². The zero-order chi connectivity index (χ0) is 18.0. The lowest BCUT2D eigenvalue weighted by molar-refractivity contribution is -0.386. The van der Waals surface area contributed by atoms with Crippen LogP contribution in [0.25, 0.3) is 0 Å². The van der Waals surface area contributed by atoms with Gasteiger partial charge in [-0.2, -0.15) is 5.10 Å². The molecule has 3 heterocycles. The normalized spacial score (nSPS) is 10.8. The molecule has 3 rings (SSSR count). The maximum absolute atomic E-state index is 12.1. The largest absolute Gasteiger partial charge is 0.467 e. The van der Waals surface area contributed by atoms with Gasteiger partial charge in [0.25, 0.3) is 5.91 Å². The summed E-state index contributed by atoms with van der Waals surface area (Å²) in [6.07, 6.45) is 1.53. The molecule has 0 aliphatic carbocycles. The van der Waals surface area contributed by atoms with Gasteiger partial charge in [-0.15, -0.1) is 0 Å². The topological polar surface area (TPSA) is 116 Å². The Morgan fingerprint density at radius 1 is 1.32 bits per heavy atom. The molecule has 130 valence electrons. The number of hydrogen-bond donors (Lipinski definition) is 1. The molecule has 0 spiro atoms. The summed E-state index contributed by atoms with van der Waals surface area (Å²) in [5.41, 5.74) is 0.760. The second-order valence-electron chi connectivity index (χ2n) is 5.46. The molecule has 9 heteroatoms. The summed E-state index contributed by atoms with van der Waals surface area (Å²) < 4.78 is 12.1. The van der Waals surface area contributed by atoms with Crippen LogP contribution in [-0.4, -0.2) is 20.6 Å². The predicted octanol–water partition coefficient (Wildman–Crippen LogP) is 2.57. The van der Waals surface area contributed by atoms with Crippen molar-refractivity contribution in [3.63, 3.8) is 0 Å². The predicted molar refractivity (Wildman–Crippen MR) is 86.0 cm³/mol. The van der Waals surface area contributed by atoms with Gasteiger partial charge in [-0.05, 0) is 38.1 Å². The average molecular weight is 344 g/mol. The van der Waals surface area contributed by atoms with Gasteiger partial charge >= 0.3 is 5.69 Å². The number of rotatable bonds is 6. The van der Waals surface area contributed by atoms with Crippen LogP contribution in [0.2, 0.25) is 0 Å². The fourth-order valence-electron chi connectivity index (χ4n) is 2.51. The van der Waals surface area contributed by atoms with E-state index < -0.39 is 4.92 Å². The number of nitro groups is 1. The van der Waals surface area contributed by atoms with Crippen molar-refractivity contribution in [2.45, 2.75) is 26.9 Å². The maximum atomic E-state index is 12.1. The smallest absolute Gasteiger partial charge is 0.312 e. The molecule has 1 N–H and O–H groups in total. The Hall–Kier alpha value is -3.36. The second-order valence-corrected chi connectivity index (χ2v) is 5.46. The molecule has 3 aromatic heterocycles. The highest BCUT2D eigenvalue weighted by Crippen LogP contribution is 2.23. The van der Waals surface area contributed by atoms with Crippen LogP contribution < -0.4 is 5.32 Å². The van der Waals surface area contributed by atoms with E-state index in [9.17, 15) is 14.9 Å². The molecular weight excluding hydrogens is 328 g/mol. The molecule has 0 aliphatic rings. The van der Waals surface area contributed by atoms with E-state index >= 15 is 0 Å². The Kier molecular flexibility index (Phi) is 4.38. The first-order valence-electron chi connectivity index (χ1n) is 7.53. The minimum atomic E-state index is -0.455. The molecule has 3 aromatic rings. The Morgan fingerprint density at radius 3 is 2.76 bits per heavy atom. The summed E-state index contributed by atoms with van der Waals surface area (Å²) in [5, 5.41) is 17.9. The fraction of sp³-hybridized carbons (Fsp3) is 0.250. The average Bonchev–Trinajstić information content (AvgIpc) is 3.27. The molecule has 9 nitrogen and oxygen atoms in total. The monoisotopic (exact) mass is 344 g/mol. The van der Waals surface area contributed by atoms with E-state index in [0.717, 1.165) is 0 Å². The van der Waals surface area contributed by atoms with E-state index in [4.69, 9.17) is 8.83 Å². The Bertz CT molecular complexity index is 907. The summed E-state index contributed by atoms with van der Waals surface area (Å²) in [5.74, 6) is 0.887. The molecular formula is C16H16N4O5. The van der Waals surface area contributed by atoms with Crippen LogP contribution in [0, 0.1) is 24.0 Å². The maximum Gasteiger partial charge on any atom is 0.312 e. The molecule has 1 amide bonds. The quantitative estimate of drug-likeness (QED) is 0.542. The van der Waals surface area contributed by atoms with Gasteiger partial charge in [-0.3, -0.25) is 19.6 Å². The summed E-state index contributed by atoms with van der Waals surface area (Å²) in [6, 6.07) is 6.68. The third-order valence-corrected chi connectivity index (χ3v) is 3.72. The van der Waals surface area contributed by atoms with Crippen LogP contribution in [0.4, 0.5) is 5.69 Å². The summed E-state index contributed by atoms with van der Waals surface area (Å²) in [6.45, 7) is 3.66. The van der Waals surface area contributed by atoms with Gasteiger partial charge in [-0.25, -0.2) is 0 Å². The van der Waals surface area contributed by atoms with Crippen molar-refractivity contribution in [1.29, 1.82) is 0 Å². The van der Waals surface area contributed by atoms with Gasteiger partial charge in [0.2, 0.25) is 0 Å². The number of hydrogen-bond acceptors (Lipinski definition) is 6. The number of carbonyl (C=O) groups is 1. The molecule has 0 atom stereocenters. The number of nitrogens with zero attached hydrogens (tertiary/aromatic N) is 3. The highest BCUT2D eigenvalue weighted by Gasteiger charge is 2.22. The summed E-state index contributed by atoms with van der Waals surface area (Å²) >= 11 is 0. The number of nitrogens with one attached hydrogen (secondary N) is 1. The summed E-state index contributed by atoms with van der Waals surface area (Å²) in [7, 11) is 0. The van der Waals surface area contributed by atoms with Crippen LogP contribution in [0.15, 0.2) is 39.4 Å². The molecule has 0 aromatic carbocycles. The van der Waals surface area contributed by atoms with Gasteiger partial charge in [0.05, 0.1) is 24.3 Å². The minimum Gasteiger partial charge on any atom is -0.467 e. The first-order chi connectivity index (χ1) is 12.0. The Morgan fingerprint density at radius 2 is 2.12 bits per heavy atom. The van der Waals surface area contributed by atoms with E-state index in [2.05, 4.69) is 10.4 Å². The van der Waals surface area contributed by atoms with Crippen molar-refractivity contribution in [2.24, 2.45) is 0 Å². The molecule has 0 bridgehead atoms. The Labute approximate surface area is 142 Å². The van der Waals surface area contributed by atoms with E-state index in [1.54, 1.807) is 38.1 Å². The number of carbonyl (C=O) groups excluding carboxylic acids is 1. The molecule has 0 saturated carbocycles. The van der Waals surface area contributed by atoms with Crippen molar-refractivity contribution in [1.82, 2.24) is 15.1 Å². The third-order valence-electron chi connectivity index (χ3n) is 3.72. The highest BCUT2D eigenvalue weighted by molar-refractivity contribution is 5.91. The van der Waals surface area contributed by atoms with Gasteiger partial charge in [0.15, 0.2) is 5.76 Å². The standard InChI is InChI=1S/C16H16N4O5/c1-10-15(20(22)23)11(2)19(18-10)9-13-5-6-14(25-13)16(21)17-8-12-4-3-7-24-12/h3-7H,8-9H2,1-2H3,(H,17,21). The fourth-order valence-corrected chi connectivity index (χ4v) is 2.51. The van der Waals surface area contributed by atoms with Gasteiger partial charge in [-0.1, -0.05) is 0 Å². The number of amides is 1. The van der Waals surface area contributed by atoms with Crippen molar-refractivity contribution in [3.8, 4) is 0 Å². The number of furan rings is 2. The Balaban J connectivity index is 1.68. The molecule has 0 fully saturated rings. The second kappa shape index (κ2) is 6.63. The lowest BCUT2D eigenvalue weighted by Gasteiger charge is -2.02. The van der Waals surface area contributed by atoms with E-state index in [1.165, 1.54) is 10.9 Å². The van der Waals surface area contributed by atoms with Crippen molar-refractivity contribution in [2.75, 3.05) is 0 Å². The van der Waals surface area contributed by atoms with Crippen molar-refractivity contribution in [3.05, 3.63) is 69.3 Å². The van der Waals surface area contributed by atoms with Crippen LogP contribution >= 0.6 is 0 Å². The zero-order valence-corrected chi connectivity index (χ0v) is 13.7. The molecule has 0 saturated heterocycles. The van der Waals surface area contributed by atoms with Gasteiger partial charge < -0.3 is 14.2 Å². The molecule has 0 aliphatic heterocycles. The summed E-state index contributed by atoms with van der Waals surface area (Å²) in [4.78, 5) is 22.6. The molecule has 0 radical (unpaired) electrons. The van der Waals surface area contributed by atoms with Crippen molar-refractivity contribution < 1.29 is 18.6 Å². The zero-order valence-electron chi connectivity index (χ0n) is 13.7. The lowest BCUT2D eigenvalue weighted by atomic mass is 10.3. The van der Waals surface area contributed by atoms with Crippen LogP contribution in [0.3, 0.4) is 0 Å². The lowest BCUT2D eigenvalue weighted by Crippen LogP contribution is -2.21. The van der Waals surface area contributed by atoms with E-state index in [-0.39, 0.29) is 30.4 Å². The SMILES string of the molecule is Cc1nn(Cc2ccc(C(=O)NCc3ccco3)o2)c(C)c1[N+](=O)[O-]. The number of aryl methyl sites for hydroxylation is 1. The third kappa shape index (κ3) is 3.44.